The predicted octanol–water partition coefficient (Wildman–Crippen LogP) is 3.57. The molecule has 9 nitrogen and oxygen atoms in total. The van der Waals surface area contributed by atoms with Crippen LogP contribution in [0.1, 0.15) is 32.9 Å². The molecule has 2 N–H and O–H groups in total. The van der Waals surface area contributed by atoms with Gasteiger partial charge in [0.2, 0.25) is 5.91 Å². The molecule has 0 aliphatic carbocycles. The maximum Gasteiger partial charge on any atom is 0.298 e. The fraction of sp³-hybridized carbons (Fsp3) is 0.444. The van der Waals surface area contributed by atoms with Crippen LogP contribution < -0.4 is 16.2 Å². The van der Waals surface area contributed by atoms with E-state index in [1.165, 1.54) is 0 Å². The van der Waals surface area contributed by atoms with Crippen molar-refractivity contribution in [2.75, 3.05) is 24.6 Å². The zero-order chi connectivity index (χ0) is 26.8. The number of nitrogens with two attached hydrogens (primary N) is 1. The van der Waals surface area contributed by atoms with E-state index in [0.717, 1.165) is 23.4 Å². The molecule has 10 heteroatoms. The third-order valence-electron chi connectivity index (χ3n) is 7.34. The van der Waals surface area contributed by atoms with Gasteiger partial charge in [-0.3, -0.25) is 14.2 Å². The van der Waals surface area contributed by atoms with E-state index in [0.29, 0.717) is 37.8 Å². The van der Waals surface area contributed by atoms with Gasteiger partial charge in [-0.25, -0.2) is 15.0 Å². The number of aryl methyl sites for hydroxylation is 1. The summed E-state index contributed by atoms with van der Waals surface area (Å²) in [7, 11) is -1.83. The molecule has 4 rings (SSSR count). The Bertz CT molecular complexity index is 1300. The zero-order valence-electron chi connectivity index (χ0n) is 22.3. The molecule has 0 bridgehead atoms. The van der Waals surface area contributed by atoms with Crippen LogP contribution in [0.2, 0.25) is 18.1 Å². The number of amides is 1. The molecule has 3 heterocycles. The quantitative estimate of drug-likeness (QED) is 0.339. The third kappa shape index (κ3) is 5.97. The first kappa shape index (κ1) is 26.7. The SMILES string of the molecule is CC(C)(C)[Si](C)(C)OCCCc1cn(-c2ccc(-c3ncccn3)cc2)c(=O)c(N2CC(C(N)=O)C2)n1. The molecular weight excluding hydrogens is 484 g/mol. The van der Waals surface area contributed by atoms with Gasteiger partial charge in [0.1, 0.15) is 0 Å². The lowest BCUT2D eigenvalue weighted by molar-refractivity contribution is -0.122. The molecule has 196 valence electrons. The summed E-state index contributed by atoms with van der Waals surface area (Å²) in [5.74, 6) is 0.351. The highest BCUT2D eigenvalue weighted by atomic mass is 28.4. The van der Waals surface area contributed by atoms with Crippen LogP contribution in [-0.4, -0.2) is 53.4 Å². The van der Waals surface area contributed by atoms with Gasteiger partial charge in [-0.15, -0.1) is 0 Å². The molecular formula is C27H36N6O3Si. The molecule has 1 aliphatic heterocycles. The van der Waals surface area contributed by atoms with Crippen LogP contribution in [0.3, 0.4) is 0 Å². The Morgan fingerprint density at radius 3 is 2.38 bits per heavy atom. The lowest BCUT2D eigenvalue weighted by Crippen LogP contribution is -2.54. The zero-order valence-corrected chi connectivity index (χ0v) is 23.3. The molecule has 0 unspecified atom stereocenters. The smallest absolute Gasteiger partial charge is 0.298 e. The Morgan fingerprint density at radius 1 is 1.14 bits per heavy atom. The van der Waals surface area contributed by atoms with E-state index in [9.17, 15) is 9.59 Å². The summed E-state index contributed by atoms with van der Waals surface area (Å²) in [5.41, 5.74) is 7.60. The minimum Gasteiger partial charge on any atom is -0.417 e. The highest BCUT2D eigenvalue weighted by Gasteiger charge is 2.37. The predicted molar refractivity (Wildman–Crippen MR) is 147 cm³/mol. The van der Waals surface area contributed by atoms with Gasteiger partial charge in [0, 0.05) is 49.5 Å². The average molecular weight is 521 g/mol. The first-order valence-corrected chi connectivity index (χ1v) is 15.6. The average Bonchev–Trinajstić information content (AvgIpc) is 2.82. The van der Waals surface area contributed by atoms with Crippen molar-refractivity contribution >= 4 is 20.0 Å². The molecule has 0 spiro atoms. The van der Waals surface area contributed by atoms with Gasteiger partial charge < -0.3 is 15.1 Å². The number of hydrogen-bond donors (Lipinski definition) is 1. The van der Waals surface area contributed by atoms with Crippen LogP contribution >= 0.6 is 0 Å². The Kier molecular flexibility index (Phi) is 7.61. The summed E-state index contributed by atoms with van der Waals surface area (Å²) < 4.78 is 7.95. The van der Waals surface area contributed by atoms with E-state index in [1.807, 2.05) is 29.2 Å². The lowest BCUT2D eigenvalue weighted by Gasteiger charge is -2.38. The maximum absolute atomic E-state index is 13.5. The Labute approximate surface area is 218 Å². The van der Waals surface area contributed by atoms with Crippen molar-refractivity contribution in [1.29, 1.82) is 0 Å². The van der Waals surface area contributed by atoms with Crippen LogP contribution in [0, 0.1) is 5.92 Å². The number of rotatable bonds is 9. The van der Waals surface area contributed by atoms with Gasteiger partial charge in [-0.1, -0.05) is 20.8 Å². The largest absolute Gasteiger partial charge is 0.417 e. The molecule has 37 heavy (non-hydrogen) atoms. The molecule has 0 radical (unpaired) electrons. The summed E-state index contributed by atoms with van der Waals surface area (Å²) in [6.07, 6.45) is 6.67. The second-order valence-electron chi connectivity index (χ2n) is 11.1. The van der Waals surface area contributed by atoms with Gasteiger partial charge in [0.25, 0.3) is 5.56 Å². The van der Waals surface area contributed by atoms with Crippen LogP contribution in [0.15, 0.2) is 53.7 Å². The molecule has 0 atom stereocenters. The number of hydrogen-bond acceptors (Lipinski definition) is 7. The van der Waals surface area contributed by atoms with Gasteiger partial charge in [0.05, 0.1) is 11.6 Å². The van der Waals surface area contributed by atoms with Crippen molar-refractivity contribution in [2.24, 2.45) is 11.7 Å². The molecule has 1 saturated heterocycles. The van der Waals surface area contributed by atoms with Crippen LogP contribution in [0.4, 0.5) is 5.82 Å². The van der Waals surface area contributed by atoms with Crippen LogP contribution in [0.5, 0.6) is 0 Å². The molecule has 1 amide bonds. The topological polar surface area (TPSA) is 116 Å². The fourth-order valence-corrected chi connectivity index (χ4v) is 4.98. The van der Waals surface area contributed by atoms with E-state index >= 15 is 0 Å². The molecule has 1 fully saturated rings. The van der Waals surface area contributed by atoms with E-state index < -0.39 is 8.32 Å². The summed E-state index contributed by atoms with van der Waals surface area (Å²) in [4.78, 5) is 40.1. The first-order valence-electron chi connectivity index (χ1n) is 12.6. The van der Waals surface area contributed by atoms with Gasteiger partial charge >= 0.3 is 0 Å². The Hall–Kier alpha value is -3.37. The van der Waals surface area contributed by atoms with E-state index in [-0.39, 0.29) is 22.4 Å². The van der Waals surface area contributed by atoms with Crippen molar-refractivity contribution in [3.63, 3.8) is 0 Å². The number of aromatic nitrogens is 4. The Balaban J connectivity index is 1.58. The fourth-order valence-electron chi connectivity index (χ4n) is 3.89. The molecule has 2 aromatic heterocycles. The summed E-state index contributed by atoms with van der Waals surface area (Å²) in [6.45, 7) is 12.6. The number of carbonyl (C=O) groups is 1. The van der Waals surface area contributed by atoms with Gasteiger partial charge in [-0.2, -0.15) is 0 Å². The normalized spacial score (nSPS) is 14.5. The van der Waals surface area contributed by atoms with Crippen molar-refractivity contribution in [2.45, 2.75) is 51.7 Å². The monoisotopic (exact) mass is 520 g/mol. The van der Waals surface area contributed by atoms with Crippen molar-refractivity contribution in [3.05, 3.63) is 65.0 Å². The summed E-state index contributed by atoms with van der Waals surface area (Å²) in [6, 6.07) is 9.33. The highest BCUT2D eigenvalue weighted by Crippen LogP contribution is 2.36. The molecule has 3 aromatic rings. The second-order valence-corrected chi connectivity index (χ2v) is 15.9. The van der Waals surface area contributed by atoms with Crippen molar-refractivity contribution < 1.29 is 9.22 Å². The van der Waals surface area contributed by atoms with Crippen molar-refractivity contribution in [1.82, 2.24) is 19.5 Å². The molecule has 1 aliphatic rings. The van der Waals surface area contributed by atoms with E-state index in [2.05, 4.69) is 43.8 Å². The lowest BCUT2D eigenvalue weighted by atomic mass is 10.00. The third-order valence-corrected chi connectivity index (χ3v) is 11.9. The van der Waals surface area contributed by atoms with E-state index in [1.54, 1.807) is 29.2 Å². The van der Waals surface area contributed by atoms with Crippen LogP contribution in [0.25, 0.3) is 17.1 Å². The number of primary amides is 1. The number of benzene rings is 1. The van der Waals surface area contributed by atoms with Crippen molar-refractivity contribution in [3.8, 4) is 17.1 Å². The van der Waals surface area contributed by atoms with Gasteiger partial charge in [-0.05, 0) is 61.3 Å². The second kappa shape index (κ2) is 10.5. The van der Waals surface area contributed by atoms with Gasteiger partial charge in [0.15, 0.2) is 20.0 Å². The van der Waals surface area contributed by atoms with E-state index in [4.69, 9.17) is 15.1 Å². The minimum absolute atomic E-state index is 0.150. The molecule has 1 aromatic carbocycles. The minimum atomic E-state index is -1.83. The summed E-state index contributed by atoms with van der Waals surface area (Å²) >= 11 is 0. The molecule has 0 saturated carbocycles. The highest BCUT2D eigenvalue weighted by molar-refractivity contribution is 6.74. The number of nitrogens with zero attached hydrogens (tertiary/aromatic N) is 5. The standard InChI is InChI=1S/C27H36N6O3Si/c1-27(2,3)37(4,5)36-15-6-8-21-18-33(26(35)25(31-21)32-16-20(17-32)23(28)34)22-11-9-19(10-12-22)24-29-13-7-14-30-24/h7,9-14,18,20H,6,8,15-17H2,1-5H3,(H2,28,34). The Morgan fingerprint density at radius 2 is 1.78 bits per heavy atom. The number of carbonyl (C=O) groups excluding carboxylic acids is 1. The summed E-state index contributed by atoms with van der Waals surface area (Å²) in [5, 5.41) is 0.150. The first-order chi connectivity index (χ1) is 17.5. The maximum atomic E-state index is 13.5. The van der Waals surface area contributed by atoms with Crippen LogP contribution in [-0.2, 0) is 15.6 Å². The number of anilines is 1.